The van der Waals surface area contributed by atoms with Gasteiger partial charge in [-0.05, 0) is 41.5 Å². The number of aromatic nitrogens is 2. The molecule has 0 fully saturated rings. The number of carbonyl (C=O) groups is 2. The van der Waals surface area contributed by atoms with E-state index in [2.05, 4.69) is 28.6 Å². The first-order valence-electron chi connectivity index (χ1n) is 9.45. The Morgan fingerprint density at radius 3 is 2.66 bits per heavy atom. The number of rotatable bonds is 6. The average Bonchev–Trinajstić information content (AvgIpc) is 3.34. The van der Waals surface area contributed by atoms with Crippen LogP contribution < -0.4 is 5.73 Å². The summed E-state index contributed by atoms with van der Waals surface area (Å²) < 4.78 is 1.99. The highest BCUT2D eigenvalue weighted by Gasteiger charge is 2.26. The van der Waals surface area contributed by atoms with Crippen LogP contribution in [-0.2, 0) is 17.6 Å². The molecule has 146 valence electrons. The minimum atomic E-state index is -0.946. The van der Waals surface area contributed by atoms with Crippen molar-refractivity contribution in [1.82, 2.24) is 9.38 Å². The number of aryl methyl sites for hydroxylation is 1. The van der Waals surface area contributed by atoms with Gasteiger partial charge in [-0.2, -0.15) is 0 Å². The number of ketones is 1. The lowest BCUT2D eigenvalue weighted by Crippen LogP contribution is -2.24. The van der Waals surface area contributed by atoms with Gasteiger partial charge in [0.2, 0.25) is 0 Å². The molecule has 0 aliphatic rings. The number of benzene rings is 1. The molecule has 1 amide bonds. The molecule has 4 rings (SSSR count). The van der Waals surface area contributed by atoms with E-state index in [9.17, 15) is 9.59 Å². The third kappa shape index (κ3) is 3.36. The number of primary amides is 1. The van der Waals surface area contributed by atoms with Gasteiger partial charge in [0.25, 0.3) is 11.7 Å². The largest absolute Gasteiger partial charge is 0.363 e. The Bertz CT molecular complexity index is 1220. The number of fused-ring (bicyclic) bond motifs is 1. The van der Waals surface area contributed by atoms with Crippen molar-refractivity contribution in [2.45, 2.75) is 26.7 Å². The van der Waals surface area contributed by atoms with Crippen molar-refractivity contribution < 1.29 is 9.59 Å². The van der Waals surface area contributed by atoms with Gasteiger partial charge in [0, 0.05) is 23.2 Å². The van der Waals surface area contributed by atoms with Gasteiger partial charge in [0.05, 0.1) is 23.0 Å². The summed E-state index contributed by atoms with van der Waals surface area (Å²) >= 11 is 1.70. The van der Waals surface area contributed by atoms with Crippen molar-refractivity contribution in [2.75, 3.05) is 0 Å². The zero-order chi connectivity index (χ0) is 20.5. The van der Waals surface area contributed by atoms with E-state index < -0.39 is 11.7 Å². The first kappa shape index (κ1) is 19.1. The molecule has 3 aromatic heterocycles. The third-order valence-electron chi connectivity index (χ3n) is 5.13. The molecule has 0 unspecified atom stereocenters. The van der Waals surface area contributed by atoms with Crippen LogP contribution in [0.2, 0.25) is 0 Å². The number of Topliss-reactive ketones (excluding diaryl/α,β-unsaturated/α-hetero) is 1. The SMILES string of the molecule is CCc1c(C(=O)C(N)=O)c2cnc(C)cn2c1Cc1ccccc1-c1cccs1. The maximum Gasteiger partial charge on any atom is 0.289 e. The van der Waals surface area contributed by atoms with Crippen LogP contribution in [0.5, 0.6) is 0 Å². The van der Waals surface area contributed by atoms with Gasteiger partial charge in [-0.15, -0.1) is 11.3 Å². The predicted octanol–water partition coefficient (Wildman–Crippen LogP) is 4.19. The topological polar surface area (TPSA) is 77.5 Å². The highest BCUT2D eigenvalue weighted by molar-refractivity contribution is 7.13. The van der Waals surface area contributed by atoms with Crippen LogP contribution in [0.4, 0.5) is 0 Å². The summed E-state index contributed by atoms with van der Waals surface area (Å²) in [7, 11) is 0. The highest BCUT2D eigenvalue weighted by Crippen LogP contribution is 2.32. The van der Waals surface area contributed by atoms with E-state index in [1.54, 1.807) is 17.5 Å². The molecule has 0 atom stereocenters. The quantitative estimate of drug-likeness (QED) is 0.387. The summed E-state index contributed by atoms with van der Waals surface area (Å²) in [5.41, 5.74) is 11.4. The molecule has 0 saturated heterocycles. The summed E-state index contributed by atoms with van der Waals surface area (Å²) in [6, 6.07) is 12.4. The number of nitrogens with zero attached hydrogens (tertiary/aromatic N) is 2. The summed E-state index contributed by atoms with van der Waals surface area (Å²) in [5, 5.41) is 2.06. The number of hydrogen-bond donors (Lipinski definition) is 1. The van der Waals surface area contributed by atoms with Gasteiger partial charge < -0.3 is 10.1 Å². The predicted molar refractivity (Wildman–Crippen MR) is 115 cm³/mol. The van der Waals surface area contributed by atoms with Crippen LogP contribution in [0.15, 0.2) is 54.2 Å². The summed E-state index contributed by atoms with van der Waals surface area (Å²) in [4.78, 5) is 29.9. The second-order valence-electron chi connectivity index (χ2n) is 6.94. The van der Waals surface area contributed by atoms with E-state index >= 15 is 0 Å². The van der Waals surface area contributed by atoms with Gasteiger partial charge in [0.1, 0.15) is 0 Å². The number of thiophene rings is 1. The van der Waals surface area contributed by atoms with Crippen molar-refractivity contribution in [3.63, 3.8) is 0 Å². The zero-order valence-corrected chi connectivity index (χ0v) is 17.1. The molecule has 0 aliphatic carbocycles. The van der Waals surface area contributed by atoms with Crippen LogP contribution in [0.25, 0.3) is 16.0 Å². The average molecular weight is 404 g/mol. The standard InChI is InChI=1S/C23H21N3O2S/c1-3-16-18(11-15-7-4-5-8-17(15)20-9-6-10-29-20)26-13-14(2)25-12-19(26)21(16)22(27)23(24)28/h4-10,12-13H,3,11H2,1-2H3,(H2,24,28). The van der Waals surface area contributed by atoms with Crippen molar-refractivity contribution in [1.29, 1.82) is 0 Å². The lowest BCUT2D eigenvalue weighted by atomic mass is 9.96. The maximum atomic E-state index is 12.6. The molecule has 5 nitrogen and oxygen atoms in total. The Morgan fingerprint density at radius 2 is 1.97 bits per heavy atom. The minimum absolute atomic E-state index is 0.371. The third-order valence-corrected chi connectivity index (χ3v) is 6.03. The molecule has 3 heterocycles. The molecule has 1 aromatic carbocycles. The number of hydrogen-bond acceptors (Lipinski definition) is 4. The lowest BCUT2D eigenvalue weighted by molar-refractivity contribution is -0.114. The molecule has 0 spiro atoms. The number of nitrogens with two attached hydrogens (primary N) is 1. The van der Waals surface area contributed by atoms with Crippen LogP contribution in [0.3, 0.4) is 0 Å². The first-order chi connectivity index (χ1) is 14.0. The van der Waals surface area contributed by atoms with Crippen LogP contribution in [0.1, 0.15) is 39.8 Å². The van der Waals surface area contributed by atoms with Crippen LogP contribution in [-0.4, -0.2) is 21.1 Å². The monoisotopic (exact) mass is 403 g/mol. The van der Waals surface area contributed by atoms with Crippen LogP contribution >= 0.6 is 11.3 Å². The molecular weight excluding hydrogens is 382 g/mol. The van der Waals surface area contributed by atoms with Gasteiger partial charge in [0.15, 0.2) is 0 Å². The Balaban J connectivity index is 1.95. The molecule has 0 bridgehead atoms. The molecular formula is C23H21N3O2S. The maximum absolute atomic E-state index is 12.6. The second-order valence-corrected chi connectivity index (χ2v) is 7.89. The molecule has 0 aliphatic heterocycles. The highest BCUT2D eigenvalue weighted by atomic mass is 32.1. The molecule has 2 N–H and O–H groups in total. The molecule has 0 saturated carbocycles. The van der Waals surface area contributed by atoms with E-state index in [0.29, 0.717) is 23.9 Å². The Kier molecular flexibility index (Phi) is 5.03. The minimum Gasteiger partial charge on any atom is -0.363 e. The Labute approximate surface area is 172 Å². The summed E-state index contributed by atoms with van der Waals surface area (Å²) in [6.45, 7) is 3.89. The van der Waals surface area contributed by atoms with Crippen LogP contribution in [0, 0.1) is 6.92 Å². The molecule has 0 radical (unpaired) electrons. The summed E-state index contributed by atoms with van der Waals surface area (Å²) in [6.07, 6.45) is 4.81. The fraction of sp³-hybridized carbons (Fsp3) is 0.174. The van der Waals surface area contributed by atoms with E-state index in [1.807, 2.05) is 42.6 Å². The molecule has 6 heteroatoms. The van der Waals surface area contributed by atoms with E-state index in [4.69, 9.17) is 5.73 Å². The Morgan fingerprint density at radius 1 is 1.17 bits per heavy atom. The smallest absolute Gasteiger partial charge is 0.289 e. The van der Waals surface area contributed by atoms with E-state index in [-0.39, 0.29) is 0 Å². The number of amides is 1. The van der Waals surface area contributed by atoms with Gasteiger partial charge in [-0.25, -0.2) is 0 Å². The Hall–Kier alpha value is -3.25. The zero-order valence-electron chi connectivity index (χ0n) is 16.3. The van der Waals surface area contributed by atoms with E-state index in [1.165, 1.54) is 10.4 Å². The fourth-order valence-corrected chi connectivity index (χ4v) is 4.63. The van der Waals surface area contributed by atoms with Crippen molar-refractivity contribution in [3.8, 4) is 10.4 Å². The van der Waals surface area contributed by atoms with Crippen molar-refractivity contribution in [2.24, 2.45) is 5.73 Å². The number of carbonyl (C=O) groups excluding carboxylic acids is 2. The summed E-state index contributed by atoms with van der Waals surface area (Å²) in [5.74, 6) is -1.61. The van der Waals surface area contributed by atoms with Crippen molar-refractivity contribution >= 4 is 28.5 Å². The second kappa shape index (κ2) is 7.64. The molecule has 29 heavy (non-hydrogen) atoms. The van der Waals surface area contributed by atoms with Gasteiger partial charge in [-0.1, -0.05) is 37.3 Å². The van der Waals surface area contributed by atoms with Gasteiger partial charge in [-0.3, -0.25) is 14.6 Å². The first-order valence-corrected chi connectivity index (χ1v) is 10.3. The molecule has 4 aromatic rings. The normalized spacial score (nSPS) is 11.1. The van der Waals surface area contributed by atoms with E-state index in [0.717, 1.165) is 22.5 Å². The lowest BCUT2D eigenvalue weighted by Gasteiger charge is -2.11. The van der Waals surface area contributed by atoms with Crippen molar-refractivity contribution in [3.05, 3.63) is 82.3 Å². The van der Waals surface area contributed by atoms with Gasteiger partial charge >= 0.3 is 0 Å². The fourth-order valence-electron chi connectivity index (χ4n) is 3.84.